The Bertz CT molecular complexity index is 509. The summed E-state index contributed by atoms with van der Waals surface area (Å²) in [5.41, 5.74) is 0.618. The van der Waals surface area contributed by atoms with Gasteiger partial charge in [0.05, 0.1) is 12.4 Å². The van der Waals surface area contributed by atoms with E-state index in [0.717, 1.165) is 4.90 Å². The molecule has 108 valence electrons. The minimum Gasteiger partial charge on any atom is -0.510 e. The molecule has 0 unspecified atom stereocenters. The molecule has 0 atom stereocenters. The van der Waals surface area contributed by atoms with Gasteiger partial charge in [0.2, 0.25) is 0 Å². The van der Waals surface area contributed by atoms with E-state index in [1.807, 2.05) is 30.3 Å². The van der Waals surface area contributed by atoms with E-state index in [2.05, 4.69) is 4.99 Å². The van der Waals surface area contributed by atoms with Crippen molar-refractivity contribution in [1.29, 1.82) is 0 Å². The van der Waals surface area contributed by atoms with Gasteiger partial charge >= 0.3 is 5.97 Å². The number of hydrogen-bond acceptors (Lipinski definition) is 5. The Morgan fingerprint density at radius 3 is 2.55 bits per heavy atom. The number of carbonyl (C=O) groups is 1. The third-order valence-corrected chi connectivity index (χ3v) is 3.61. The monoisotopic (exact) mass is 293 g/mol. The normalized spacial score (nSPS) is 12.8. The van der Waals surface area contributed by atoms with Crippen molar-refractivity contribution in [3.05, 3.63) is 41.7 Å². The van der Waals surface area contributed by atoms with Gasteiger partial charge in [-0.1, -0.05) is 18.2 Å². The van der Waals surface area contributed by atoms with Crippen molar-refractivity contribution < 1.29 is 14.6 Å². The minimum absolute atomic E-state index is 0.0135. The van der Waals surface area contributed by atoms with Crippen LogP contribution in [0.2, 0.25) is 0 Å². The van der Waals surface area contributed by atoms with Crippen molar-refractivity contribution >= 4 is 23.4 Å². The number of aliphatic hydroxyl groups excluding tert-OH is 1. The number of aliphatic hydroxyl groups is 1. The Hall–Kier alpha value is -1.75. The molecule has 20 heavy (non-hydrogen) atoms. The van der Waals surface area contributed by atoms with Crippen LogP contribution in [0.1, 0.15) is 13.8 Å². The van der Waals surface area contributed by atoms with Crippen molar-refractivity contribution in [3.8, 4) is 0 Å². The molecule has 0 heterocycles. The summed E-state index contributed by atoms with van der Waals surface area (Å²) in [6.07, 6.45) is 0. The molecule has 0 bridgehead atoms. The Kier molecular flexibility index (Phi) is 6.87. The molecule has 0 saturated carbocycles. The third-order valence-electron chi connectivity index (χ3n) is 2.58. The van der Waals surface area contributed by atoms with Gasteiger partial charge in [-0.15, -0.1) is 11.8 Å². The van der Waals surface area contributed by atoms with Crippen LogP contribution in [-0.4, -0.2) is 36.2 Å². The zero-order valence-corrected chi connectivity index (χ0v) is 12.7. The van der Waals surface area contributed by atoms with Gasteiger partial charge < -0.3 is 9.84 Å². The summed E-state index contributed by atoms with van der Waals surface area (Å²) in [6.45, 7) is 3.66. The first kappa shape index (κ1) is 16.3. The summed E-state index contributed by atoms with van der Waals surface area (Å²) in [5.74, 6) is -0.257. The van der Waals surface area contributed by atoms with Crippen LogP contribution in [0.3, 0.4) is 0 Å². The van der Waals surface area contributed by atoms with Gasteiger partial charge in [0.15, 0.2) is 0 Å². The average Bonchev–Trinajstić information content (AvgIpc) is 2.46. The van der Waals surface area contributed by atoms with E-state index in [-0.39, 0.29) is 17.9 Å². The van der Waals surface area contributed by atoms with Crippen LogP contribution in [0.5, 0.6) is 0 Å². The van der Waals surface area contributed by atoms with Crippen molar-refractivity contribution in [1.82, 2.24) is 0 Å². The van der Waals surface area contributed by atoms with Crippen molar-refractivity contribution in [2.75, 3.05) is 19.4 Å². The lowest BCUT2D eigenvalue weighted by atomic mass is 10.1. The van der Waals surface area contributed by atoms with Crippen LogP contribution in [0, 0.1) is 0 Å². The van der Waals surface area contributed by atoms with Gasteiger partial charge in [-0.3, -0.25) is 4.99 Å². The largest absolute Gasteiger partial charge is 0.510 e. The molecule has 0 aromatic heterocycles. The molecule has 0 aliphatic heterocycles. The lowest BCUT2D eigenvalue weighted by molar-refractivity contribution is -0.138. The van der Waals surface area contributed by atoms with Gasteiger partial charge in [-0.2, -0.15) is 0 Å². The number of nitrogens with zero attached hydrogens (tertiary/aromatic N) is 1. The fraction of sp³-hybridized carbons (Fsp3) is 0.333. The van der Waals surface area contributed by atoms with Gasteiger partial charge in [0.25, 0.3) is 0 Å². The molecule has 1 rings (SSSR count). The molecule has 4 nitrogen and oxygen atoms in total. The topological polar surface area (TPSA) is 58.9 Å². The molecule has 1 N–H and O–H groups in total. The number of thioether (sulfide) groups is 1. The summed E-state index contributed by atoms with van der Waals surface area (Å²) in [4.78, 5) is 16.8. The standard InChI is InChI=1S/C15H19NO3S/c1-4-19-15(18)14(11(2)16-3)13(17)10-20-12-8-6-5-7-9-12/h5-9,17H,4,10H2,1-3H3/b14-13-,16-11?. The summed E-state index contributed by atoms with van der Waals surface area (Å²) in [5, 5.41) is 10.1. The highest BCUT2D eigenvalue weighted by Gasteiger charge is 2.19. The summed E-state index contributed by atoms with van der Waals surface area (Å²) in [7, 11) is 1.58. The van der Waals surface area contributed by atoms with Crippen molar-refractivity contribution in [2.45, 2.75) is 18.7 Å². The van der Waals surface area contributed by atoms with Crippen LogP contribution in [0.25, 0.3) is 0 Å². The first-order chi connectivity index (χ1) is 9.60. The maximum atomic E-state index is 11.9. The molecule has 5 heteroatoms. The highest BCUT2D eigenvalue weighted by atomic mass is 32.2. The molecule has 0 aliphatic rings. The summed E-state index contributed by atoms with van der Waals surface area (Å²) < 4.78 is 4.95. The second-order valence-corrected chi connectivity index (χ2v) is 5.00. The fourth-order valence-electron chi connectivity index (χ4n) is 1.53. The fourth-order valence-corrected chi connectivity index (χ4v) is 2.33. The van der Waals surface area contributed by atoms with Crippen LogP contribution in [0.15, 0.2) is 51.6 Å². The smallest absolute Gasteiger partial charge is 0.343 e. The second-order valence-electron chi connectivity index (χ2n) is 3.95. The lowest BCUT2D eigenvalue weighted by Crippen LogP contribution is -2.17. The Labute approximate surface area is 123 Å². The van der Waals surface area contributed by atoms with Crippen LogP contribution < -0.4 is 0 Å². The van der Waals surface area contributed by atoms with E-state index in [9.17, 15) is 9.90 Å². The van der Waals surface area contributed by atoms with Gasteiger partial charge in [-0.05, 0) is 26.0 Å². The van der Waals surface area contributed by atoms with E-state index < -0.39 is 5.97 Å². The molecule has 0 saturated heterocycles. The van der Waals surface area contributed by atoms with E-state index in [1.54, 1.807) is 20.9 Å². The average molecular weight is 293 g/mol. The van der Waals surface area contributed by atoms with E-state index in [1.165, 1.54) is 11.8 Å². The number of hydrogen-bond donors (Lipinski definition) is 1. The maximum absolute atomic E-state index is 11.9. The Morgan fingerprint density at radius 2 is 2.00 bits per heavy atom. The Balaban J connectivity index is 2.88. The molecular weight excluding hydrogens is 274 g/mol. The summed E-state index contributed by atoms with van der Waals surface area (Å²) in [6, 6.07) is 9.67. The van der Waals surface area contributed by atoms with Crippen molar-refractivity contribution in [2.24, 2.45) is 4.99 Å². The highest BCUT2D eigenvalue weighted by molar-refractivity contribution is 7.99. The van der Waals surface area contributed by atoms with E-state index >= 15 is 0 Å². The Morgan fingerprint density at radius 1 is 1.35 bits per heavy atom. The zero-order chi connectivity index (χ0) is 15.0. The molecule has 1 aromatic rings. The maximum Gasteiger partial charge on any atom is 0.343 e. The summed E-state index contributed by atoms with van der Waals surface area (Å²) >= 11 is 1.45. The van der Waals surface area contributed by atoms with Gasteiger partial charge in [0.1, 0.15) is 11.3 Å². The number of ether oxygens (including phenoxy) is 1. The van der Waals surface area contributed by atoms with E-state index in [0.29, 0.717) is 11.5 Å². The molecule has 0 amide bonds. The number of benzene rings is 1. The SMILES string of the molecule is CCOC(=O)/C(C(C)=NC)=C(\O)CSc1ccccc1. The number of rotatable bonds is 6. The first-order valence-electron chi connectivity index (χ1n) is 6.31. The second kappa shape index (κ2) is 8.43. The number of carbonyl (C=O) groups excluding carboxylic acids is 1. The van der Waals surface area contributed by atoms with E-state index in [4.69, 9.17) is 4.74 Å². The predicted octanol–water partition coefficient (Wildman–Crippen LogP) is 3.24. The molecule has 0 spiro atoms. The van der Waals surface area contributed by atoms with Gasteiger partial charge in [0, 0.05) is 17.7 Å². The minimum atomic E-state index is -0.540. The highest BCUT2D eigenvalue weighted by Crippen LogP contribution is 2.21. The zero-order valence-electron chi connectivity index (χ0n) is 11.9. The molecular formula is C15H19NO3S. The van der Waals surface area contributed by atoms with Crippen LogP contribution in [-0.2, 0) is 9.53 Å². The number of esters is 1. The first-order valence-corrected chi connectivity index (χ1v) is 7.29. The van der Waals surface area contributed by atoms with Crippen LogP contribution >= 0.6 is 11.8 Å². The van der Waals surface area contributed by atoms with Crippen molar-refractivity contribution in [3.63, 3.8) is 0 Å². The third kappa shape index (κ3) is 4.74. The molecule has 0 fully saturated rings. The van der Waals surface area contributed by atoms with Crippen LogP contribution in [0.4, 0.5) is 0 Å². The van der Waals surface area contributed by atoms with Gasteiger partial charge in [-0.25, -0.2) is 4.79 Å². The molecule has 0 aliphatic carbocycles. The quantitative estimate of drug-likeness (QED) is 0.287. The lowest BCUT2D eigenvalue weighted by Gasteiger charge is -2.09. The molecule has 0 radical (unpaired) electrons. The number of aliphatic imine (C=N–C) groups is 1. The molecule has 1 aromatic carbocycles. The predicted molar refractivity (Wildman–Crippen MR) is 82.5 cm³/mol.